The first-order valence-electron chi connectivity index (χ1n) is 13.7. The number of unbranched alkanes of at least 4 members (excludes halogenated alkanes) is 15. The Hall–Kier alpha value is 1.12. The Morgan fingerprint density at radius 3 is 0.875 bits per heavy atom. The van der Waals surface area contributed by atoms with Crippen molar-refractivity contribution in [3.63, 3.8) is 0 Å². The smallest absolute Gasteiger partial charge is 0.00799 e. The van der Waals surface area contributed by atoms with Gasteiger partial charge in [-0.3, -0.25) is 0 Å². The molecule has 0 spiro atoms. The fraction of sp³-hybridized carbons (Fsp3) is 1.00. The van der Waals surface area contributed by atoms with Crippen molar-refractivity contribution in [3.05, 3.63) is 0 Å². The number of hydrogen-bond acceptors (Lipinski definition) is 2. The number of halogens is 2. The van der Waals surface area contributed by atoms with Crippen LogP contribution in [0.4, 0.5) is 0 Å². The Bertz CT molecular complexity index is 234. The molecule has 0 bridgehead atoms. The minimum absolute atomic E-state index is 0. The summed E-state index contributed by atoms with van der Waals surface area (Å²) in [6.45, 7) is 9.83. The molecule has 32 heavy (non-hydrogen) atoms. The zero-order valence-electron chi connectivity index (χ0n) is 22.8. The van der Waals surface area contributed by atoms with E-state index in [9.17, 15) is 0 Å². The lowest BCUT2D eigenvalue weighted by Crippen LogP contribution is -1.97. The summed E-state index contributed by atoms with van der Waals surface area (Å²) < 4.78 is 0. The van der Waals surface area contributed by atoms with Crippen LogP contribution in [-0.2, 0) is 0 Å². The van der Waals surface area contributed by atoms with Gasteiger partial charge in [0.2, 0.25) is 0 Å². The molecule has 5 heteroatoms. The molecule has 0 aliphatic rings. The fourth-order valence-corrected chi connectivity index (χ4v) is 6.37. The van der Waals surface area contributed by atoms with E-state index in [1.165, 1.54) is 116 Å². The van der Waals surface area contributed by atoms with E-state index < -0.39 is 0 Å². The van der Waals surface area contributed by atoms with Crippen molar-refractivity contribution < 1.29 is 0 Å². The van der Waals surface area contributed by atoms with E-state index in [1.807, 2.05) is 0 Å². The summed E-state index contributed by atoms with van der Waals surface area (Å²) >= 11 is 0. The summed E-state index contributed by atoms with van der Waals surface area (Å²) in [4.78, 5) is 0. The molecule has 0 aromatic heterocycles. The van der Waals surface area contributed by atoms with E-state index in [0.717, 1.165) is 13.0 Å². The van der Waals surface area contributed by atoms with Crippen LogP contribution in [0.5, 0.6) is 0 Å². The molecule has 0 aromatic carbocycles. The van der Waals surface area contributed by atoms with Gasteiger partial charge in [0.25, 0.3) is 0 Å². The van der Waals surface area contributed by atoms with Crippen LogP contribution >= 0.6 is 37.3 Å². The SMILES string of the molecule is Br.CCCCCCCCP(CCCCCCCC)CCCCCCCC.CCCN.Cl.N. The van der Waals surface area contributed by atoms with Gasteiger partial charge in [0.1, 0.15) is 0 Å². The third kappa shape index (κ3) is 41.4. The van der Waals surface area contributed by atoms with Crippen molar-refractivity contribution in [1.29, 1.82) is 0 Å². The van der Waals surface area contributed by atoms with Crippen molar-refractivity contribution in [2.75, 3.05) is 25.0 Å². The Morgan fingerprint density at radius 1 is 0.438 bits per heavy atom. The van der Waals surface area contributed by atoms with Crippen molar-refractivity contribution in [2.24, 2.45) is 5.73 Å². The monoisotopic (exact) mass is 562 g/mol. The van der Waals surface area contributed by atoms with Gasteiger partial charge in [0.05, 0.1) is 0 Å². The predicted octanol–water partition coefficient (Wildman–Crippen LogP) is 11.1. The quantitative estimate of drug-likeness (QED) is 0.102. The van der Waals surface area contributed by atoms with Crippen molar-refractivity contribution >= 4 is 37.3 Å². The van der Waals surface area contributed by atoms with Crippen LogP contribution < -0.4 is 11.9 Å². The predicted molar refractivity (Wildman–Crippen MR) is 164 cm³/mol. The van der Waals surface area contributed by atoms with Crippen molar-refractivity contribution in [2.45, 2.75) is 150 Å². The second-order valence-corrected chi connectivity index (χ2v) is 11.6. The van der Waals surface area contributed by atoms with Gasteiger partial charge in [0, 0.05) is 0 Å². The molecule has 0 aliphatic carbocycles. The lowest BCUT2D eigenvalue weighted by atomic mass is 10.1. The molecule has 0 amide bonds. The van der Waals surface area contributed by atoms with Crippen molar-refractivity contribution in [3.8, 4) is 0 Å². The summed E-state index contributed by atoms with van der Waals surface area (Å²) in [5, 5.41) is 0. The molecule has 0 radical (unpaired) electrons. The second kappa shape index (κ2) is 42.3. The number of hydrogen-bond donors (Lipinski definition) is 2. The molecule has 0 saturated heterocycles. The van der Waals surface area contributed by atoms with E-state index in [2.05, 4.69) is 27.7 Å². The van der Waals surface area contributed by atoms with Gasteiger partial charge in [-0.05, 0) is 50.7 Å². The van der Waals surface area contributed by atoms with Gasteiger partial charge in [0.15, 0.2) is 0 Å². The van der Waals surface area contributed by atoms with Crippen molar-refractivity contribution in [1.82, 2.24) is 6.15 Å². The van der Waals surface area contributed by atoms with Crippen LogP contribution in [0.1, 0.15) is 150 Å². The molecule has 0 heterocycles. The lowest BCUT2D eigenvalue weighted by molar-refractivity contribution is 0.617. The van der Waals surface area contributed by atoms with E-state index in [-0.39, 0.29) is 35.5 Å². The van der Waals surface area contributed by atoms with Gasteiger partial charge in [-0.2, -0.15) is 0 Å². The highest BCUT2D eigenvalue weighted by Gasteiger charge is 2.07. The molecule has 0 aromatic rings. The third-order valence-corrected chi connectivity index (χ3v) is 8.62. The summed E-state index contributed by atoms with van der Waals surface area (Å²) in [5.41, 5.74) is 5.03. The maximum Gasteiger partial charge on any atom is -0.00799 e. The molecule has 0 rings (SSSR count). The fourth-order valence-electron chi connectivity index (χ4n) is 3.68. The highest BCUT2D eigenvalue weighted by Crippen LogP contribution is 2.39. The average molecular weight is 564 g/mol. The van der Waals surface area contributed by atoms with Gasteiger partial charge in [-0.25, -0.2) is 0 Å². The summed E-state index contributed by atoms with van der Waals surface area (Å²) in [6, 6.07) is 0. The minimum atomic E-state index is 0. The topological polar surface area (TPSA) is 61.0 Å². The molecule has 0 saturated carbocycles. The summed E-state index contributed by atoms with van der Waals surface area (Å²) in [5.74, 6) is 0. The normalized spacial score (nSPS) is 9.94. The minimum Gasteiger partial charge on any atom is -0.344 e. The standard InChI is InChI=1S/C24H51P.C3H9N.BrH.ClH.H3N/c1-4-7-10-13-16-19-22-25(23-20-17-14-11-8-5-2)24-21-18-15-12-9-6-3;1-2-3-4;;;/h4-24H2,1-3H3;2-4H2,1H3;2*1H;1H3. The summed E-state index contributed by atoms with van der Waals surface area (Å²) in [7, 11) is 0.366. The Kier molecular flexibility index (Phi) is 57.1. The molecular formula is C27H65BrClN2P. The Balaban J connectivity index is -0.000000318. The third-order valence-electron chi connectivity index (χ3n) is 5.77. The first-order chi connectivity index (χ1) is 14.3. The van der Waals surface area contributed by atoms with Crippen LogP contribution in [0.25, 0.3) is 0 Å². The summed E-state index contributed by atoms with van der Waals surface area (Å²) in [6.07, 6.45) is 32.3. The molecule has 5 N–H and O–H groups in total. The van der Waals surface area contributed by atoms with Crippen LogP contribution in [0.2, 0.25) is 0 Å². The van der Waals surface area contributed by atoms with Gasteiger partial charge < -0.3 is 11.9 Å². The zero-order valence-corrected chi connectivity index (χ0v) is 26.2. The number of rotatable bonds is 22. The average Bonchev–Trinajstić information content (AvgIpc) is 2.75. The van der Waals surface area contributed by atoms with Crippen LogP contribution in [0, 0.1) is 0 Å². The van der Waals surface area contributed by atoms with E-state index in [4.69, 9.17) is 5.73 Å². The first kappa shape index (κ1) is 43.2. The molecule has 0 aliphatic heterocycles. The molecule has 202 valence electrons. The highest BCUT2D eigenvalue weighted by molar-refractivity contribution is 8.93. The Labute approximate surface area is 223 Å². The molecule has 0 atom stereocenters. The van der Waals surface area contributed by atoms with E-state index >= 15 is 0 Å². The first-order valence-corrected chi connectivity index (χ1v) is 15.6. The Morgan fingerprint density at radius 2 is 0.656 bits per heavy atom. The molecule has 0 unspecified atom stereocenters. The van der Waals surface area contributed by atoms with Crippen LogP contribution in [0.3, 0.4) is 0 Å². The van der Waals surface area contributed by atoms with Gasteiger partial charge in [-0.1, -0.05) is 124 Å². The lowest BCUT2D eigenvalue weighted by Gasteiger charge is -2.18. The van der Waals surface area contributed by atoms with Crippen LogP contribution in [-0.4, -0.2) is 25.0 Å². The van der Waals surface area contributed by atoms with Gasteiger partial charge >= 0.3 is 0 Å². The molecule has 2 nitrogen and oxygen atoms in total. The number of nitrogens with two attached hydrogens (primary N) is 1. The second-order valence-electron chi connectivity index (χ2n) is 8.93. The van der Waals surface area contributed by atoms with Crippen LogP contribution in [0.15, 0.2) is 0 Å². The maximum absolute atomic E-state index is 5.03. The van der Waals surface area contributed by atoms with E-state index in [0.29, 0.717) is 7.92 Å². The van der Waals surface area contributed by atoms with Gasteiger partial charge in [-0.15, -0.1) is 37.3 Å². The highest BCUT2D eigenvalue weighted by atomic mass is 79.9. The molecular weight excluding hydrogens is 499 g/mol. The maximum atomic E-state index is 5.03. The largest absolute Gasteiger partial charge is 0.344 e. The van der Waals surface area contributed by atoms with E-state index in [1.54, 1.807) is 18.5 Å². The molecule has 0 fully saturated rings. The zero-order chi connectivity index (χ0) is 21.8.